The highest BCUT2D eigenvalue weighted by Gasteiger charge is 2.36. The van der Waals surface area contributed by atoms with Crippen LogP contribution < -0.4 is 4.90 Å². The first-order chi connectivity index (χ1) is 13.7. The summed E-state index contributed by atoms with van der Waals surface area (Å²) in [5.74, 6) is -0.968. The lowest BCUT2D eigenvalue weighted by Crippen LogP contribution is -2.24. The maximum absolute atomic E-state index is 13.5. The molecule has 1 aliphatic heterocycles. The zero-order valence-corrected chi connectivity index (χ0v) is 15.3. The fourth-order valence-electron chi connectivity index (χ4n) is 3.13. The van der Waals surface area contributed by atoms with Gasteiger partial charge in [0, 0.05) is 18.5 Å². The monoisotopic (exact) mass is 425 g/mol. The molecule has 1 atom stereocenters. The smallest absolute Gasteiger partial charge is 0.339 e. The molecule has 1 fully saturated rings. The largest absolute Gasteiger partial charge is 0.416 e. The molecule has 150 valence electrons. The molecule has 3 aromatic rings. The quantitative estimate of drug-likeness (QED) is 0.550. The molecule has 5 nitrogen and oxygen atoms in total. The van der Waals surface area contributed by atoms with Crippen LogP contribution in [0.1, 0.15) is 23.8 Å². The number of hydrogen-bond acceptors (Lipinski definition) is 4. The molecule has 1 unspecified atom stereocenters. The van der Waals surface area contributed by atoms with Gasteiger partial charge in [-0.3, -0.25) is 4.79 Å². The molecular formula is C19H12ClF4N3O2. The number of aromatic nitrogens is 2. The van der Waals surface area contributed by atoms with Gasteiger partial charge in [-0.1, -0.05) is 28.9 Å². The second-order valence-electron chi connectivity index (χ2n) is 6.53. The Bertz CT molecular complexity index is 1070. The third-order valence-electron chi connectivity index (χ3n) is 4.59. The fraction of sp³-hybridized carbons (Fsp3) is 0.211. The van der Waals surface area contributed by atoms with E-state index in [-0.39, 0.29) is 41.3 Å². The van der Waals surface area contributed by atoms with E-state index < -0.39 is 23.5 Å². The topological polar surface area (TPSA) is 59.2 Å². The van der Waals surface area contributed by atoms with Gasteiger partial charge in [0.1, 0.15) is 5.82 Å². The fourth-order valence-corrected chi connectivity index (χ4v) is 3.34. The van der Waals surface area contributed by atoms with Crippen molar-refractivity contribution in [2.24, 2.45) is 0 Å². The van der Waals surface area contributed by atoms with Crippen LogP contribution in [0.3, 0.4) is 0 Å². The Morgan fingerprint density at radius 3 is 2.55 bits per heavy atom. The summed E-state index contributed by atoms with van der Waals surface area (Å²) >= 11 is 6.07. The molecule has 4 rings (SSSR count). The Morgan fingerprint density at radius 1 is 1.14 bits per heavy atom. The van der Waals surface area contributed by atoms with Gasteiger partial charge < -0.3 is 9.42 Å². The summed E-state index contributed by atoms with van der Waals surface area (Å²) in [6.07, 6.45) is -4.38. The van der Waals surface area contributed by atoms with E-state index in [4.69, 9.17) is 16.1 Å². The van der Waals surface area contributed by atoms with E-state index in [1.54, 1.807) is 0 Å². The molecule has 2 heterocycles. The van der Waals surface area contributed by atoms with Gasteiger partial charge in [0.15, 0.2) is 0 Å². The molecule has 0 bridgehead atoms. The number of halogens is 5. The number of carbonyl (C=O) groups excluding carboxylic acids is 1. The average molecular weight is 426 g/mol. The summed E-state index contributed by atoms with van der Waals surface area (Å²) in [6, 6.07) is 8.08. The first kappa shape index (κ1) is 19.4. The number of hydrogen-bond donors (Lipinski definition) is 0. The lowest BCUT2D eigenvalue weighted by atomic mass is 10.1. The highest BCUT2D eigenvalue weighted by atomic mass is 35.5. The van der Waals surface area contributed by atoms with Gasteiger partial charge >= 0.3 is 6.18 Å². The lowest BCUT2D eigenvalue weighted by Gasteiger charge is -2.17. The molecule has 0 saturated carbocycles. The summed E-state index contributed by atoms with van der Waals surface area (Å²) in [5, 5.41) is 4.03. The Kier molecular flexibility index (Phi) is 4.77. The van der Waals surface area contributed by atoms with Gasteiger partial charge in [0.2, 0.25) is 17.6 Å². The van der Waals surface area contributed by atoms with Crippen LogP contribution in [0.5, 0.6) is 0 Å². The van der Waals surface area contributed by atoms with Crippen LogP contribution in [0.2, 0.25) is 5.02 Å². The van der Waals surface area contributed by atoms with Crippen molar-refractivity contribution < 1.29 is 26.9 Å². The molecule has 0 spiro atoms. The average Bonchev–Trinajstić information content (AvgIpc) is 3.30. The number of nitrogens with zero attached hydrogens (tertiary/aromatic N) is 3. The van der Waals surface area contributed by atoms with Crippen molar-refractivity contribution in [1.82, 2.24) is 10.1 Å². The summed E-state index contributed by atoms with van der Waals surface area (Å²) in [5.41, 5.74) is -0.182. The SMILES string of the molecule is O=C1CC(c2nc(-c3ccc(C(F)(F)F)cc3)no2)CN1c1cc(F)ccc1Cl. The van der Waals surface area contributed by atoms with Crippen molar-refractivity contribution >= 4 is 23.2 Å². The molecule has 29 heavy (non-hydrogen) atoms. The molecular weight excluding hydrogens is 414 g/mol. The molecule has 1 aromatic heterocycles. The van der Waals surface area contributed by atoms with Crippen LogP contribution >= 0.6 is 11.6 Å². The Morgan fingerprint density at radius 2 is 1.86 bits per heavy atom. The van der Waals surface area contributed by atoms with E-state index in [9.17, 15) is 22.4 Å². The van der Waals surface area contributed by atoms with Crippen LogP contribution in [0.25, 0.3) is 11.4 Å². The van der Waals surface area contributed by atoms with Crippen LogP contribution in [-0.4, -0.2) is 22.6 Å². The van der Waals surface area contributed by atoms with Crippen molar-refractivity contribution in [1.29, 1.82) is 0 Å². The van der Waals surface area contributed by atoms with E-state index in [0.717, 1.165) is 12.1 Å². The van der Waals surface area contributed by atoms with E-state index in [0.29, 0.717) is 5.56 Å². The minimum atomic E-state index is -4.44. The number of amides is 1. The molecule has 1 aliphatic rings. The molecule has 1 amide bonds. The summed E-state index contributed by atoms with van der Waals surface area (Å²) in [7, 11) is 0. The van der Waals surface area contributed by atoms with Gasteiger partial charge in [0.25, 0.3) is 0 Å². The Labute approximate surface area is 166 Å². The number of rotatable bonds is 3. The second kappa shape index (κ2) is 7.14. The van der Waals surface area contributed by atoms with Crippen LogP contribution in [0, 0.1) is 5.82 Å². The summed E-state index contributed by atoms with van der Waals surface area (Å²) < 4.78 is 56.8. The Balaban J connectivity index is 1.54. The molecule has 0 aliphatic carbocycles. The first-order valence-corrected chi connectivity index (χ1v) is 8.87. The normalized spacial score (nSPS) is 17.2. The highest BCUT2D eigenvalue weighted by molar-refractivity contribution is 6.33. The van der Waals surface area contributed by atoms with E-state index in [2.05, 4.69) is 10.1 Å². The molecule has 0 N–H and O–H groups in total. The summed E-state index contributed by atoms with van der Waals surface area (Å²) in [4.78, 5) is 17.9. The van der Waals surface area contributed by atoms with Crippen LogP contribution in [-0.2, 0) is 11.0 Å². The minimum absolute atomic E-state index is 0.0570. The zero-order chi connectivity index (χ0) is 20.8. The number of carbonyl (C=O) groups is 1. The van der Waals surface area contributed by atoms with E-state index in [1.165, 1.54) is 35.2 Å². The second-order valence-corrected chi connectivity index (χ2v) is 6.94. The third-order valence-corrected chi connectivity index (χ3v) is 4.91. The van der Waals surface area contributed by atoms with Crippen molar-refractivity contribution in [2.45, 2.75) is 18.5 Å². The van der Waals surface area contributed by atoms with Crippen molar-refractivity contribution in [3.05, 3.63) is 64.8 Å². The zero-order valence-electron chi connectivity index (χ0n) is 14.6. The van der Waals surface area contributed by atoms with Crippen LogP contribution in [0.15, 0.2) is 47.0 Å². The van der Waals surface area contributed by atoms with Gasteiger partial charge in [-0.15, -0.1) is 0 Å². The molecule has 0 radical (unpaired) electrons. The standard InChI is InChI=1S/C19H12ClF4N3O2/c20-14-6-5-13(21)8-15(14)27-9-11(7-16(27)28)18-25-17(26-29-18)10-1-3-12(4-2-10)19(22,23)24/h1-6,8,11H,7,9H2. The number of anilines is 1. The summed E-state index contributed by atoms with van der Waals surface area (Å²) in [6.45, 7) is 0.163. The van der Waals surface area contributed by atoms with Gasteiger partial charge in [0.05, 0.1) is 22.2 Å². The third kappa shape index (κ3) is 3.82. The molecule has 2 aromatic carbocycles. The Hall–Kier alpha value is -2.94. The number of benzene rings is 2. The van der Waals surface area contributed by atoms with Crippen molar-refractivity contribution in [2.75, 3.05) is 11.4 Å². The van der Waals surface area contributed by atoms with Gasteiger partial charge in [-0.25, -0.2) is 4.39 Å². The van der Waals surface area contributed by atoms with Crippen molar-refractivity contribution in [3.8, 4) is 11.4 Å². The number of alkyl halides is 3. The van der Waals surface area contributed by atoms with E-state index >= 15 is 0 Å². The molecule has 1 saturated heterocycles. The van der Waals surface area contributed by atoms with Crippen molar-refractivity contribution in [3.63, 3.8) is 0 Å². The maximum Gasteiger partial charge on any atom is 0.416 e. The predicted molar refractivity (Wildman–Crippen MR) is 95.9 cm³/mol. The highest BCUT2D eigenvalue weighted by Crippen LogP contribution is 2.36. The van der Waals surface area contributed by atoms with Crippen LogP contribution in [0.4, 0.5) is 23.2 Å². The first-order valence-electron chi connectivity index (χ1n) is 8.49. The lowest BCUT2D eigenvalue weighted by molar-refractivity contribution is -0.137. The van der Waals surface area contributed by atoms with Gasteiger partial charge in [-0.05, 0) is 30.3 Å². The minimum Gasteiger partial charge on any atom is -0.339 e. The van der Waals surface area contributed by atoms with Gasteiger partial charge in [-0.2, -0.15) is 18.2 Å². The predicted octanol–water partition coefficient (Wildman–Crippen LogP) is 5.07. The molecule has 10 heteroatoms. The maximum atomic E-state index is 13.5. The van der Waals surface area contributed by atoms with E-state index in [1.807, 2.05) is 0 Å².